The lowest BCUT2D eigenvalue weighted by atomic mass is 10.0. The molecule has 1 atom stereocenters. The first kappa shape index (κ1) is 30.3. The Morgan fingerprint density at radius 1 is 0.600 bits per heavy atom. The highest BCUT2D eigenvalue weighted by atomic mass is 31.2. The van der Waals surface area contributed by atoms with Crippen LogP contribution in [0.2, 0.25) is 0 Å². The molecule has 1 unspecified atom stereocenters. The molecule has 0 spiro atoms. The lowest BCUT2D eigenvalue weighted by Gasteiger charge is -2.32. The van der Waals surface area contributed by atoms with Crippen LogP contribution in [0.1, 0.15) is 131 Å². The van der Waals surface area contributed by atoms with Crippen LogP contribution in [0.3, 0.4) is 0 Å². The molecule has 0 radical (unpaired) electrons. The summed E-state index contributed by atoms with van der Waals surface area (Å²) < 4.78 is 13.4. The highest BCUT2D eigenvalue weighted by Gasteiger charge is 2.23. The second-order valence-electron chi connectivity index (χ2n) is 9.22. The lowest BCUT2D eigenvalue weighted by Crippen LogP contribution is -2.32. The van der Waals surface area contributed by atoms with Crippen LogP contribution in [0.5, 0.6) is 0 Å². The molecule has 30 heavy (non-hydrogen) atoms. The molecule has 0 aliphatic carbocycles. The van der Waals surface area contributed by atoms with Crippen molar-refractivity contribution in [2.24, 2.45) is 0 Å². The summed E-state index contributed by atoms with van der Waals surface area (Å²) in [5, 5.41) is 0. The smallest absolute Gasteiger partial charge is 0.256 e. The monoisotopic (exact) mass is 447 g/mol. The van der Waals surface area contributed by atoms with E-state index in [4.69, 9.17) is 9.26 Å². The minimum Gasteiger partial charge on any atom is -0.381 e. The topological polar surface area (TPSA) is 41.9 Å². The van der Waals surface area contributed by atoms with Crippen LogP contribution in [-0.4, -0.2) is 41.5 Å². The molecular formula is C25H54NO3P. The minimum atomic E-state index is -1.49. The molecule has 0 aromatic rings. The van der Waals surface area contributed by atoms with Crippen molar-refractivity contribution >= 4 is 8.53 Å². The second kappa shape index (κ2) is 22.5. The number of ether oxygens (including phenoxy) is 1. The van der Waals surface area contributed by atoms with E-state index in [1.54, 1.807) is 0 Å². The van der Waals surface area contributed by atoms with Gasteiger partial charge in [-0.3, -0.25) is 0 Å². The van der Waals surface area contributed by atoms with Gasteiger partial charge in [0, 0.05) is 25.3 Å². The van der Waals surface area contributed by atoms with Crippen LogP contribution < -0.4 is 0 Å². The first-order chi connectivity index (χ1) is 14.5. The summed E-state index contributed by atoms with van der Waals surface area (Å²) in [7, 11) is -1.49. The Kier molecular flexibility index (Phi) is 22.7. The van der Waals surface area contributed by atoms with E-state index < -0.39 is 8.53 Å². The molecule has 0 aromatic carbocycles. The van der Waals surface area contributed by atoms with E-state index in [9.17, 15) is 4.89 Å². The summed E-state index contributed by atoms with van der Waals surface area (Å²) in [4.78, 5) is 10.2. The van der Waals surface area contributed by atoms with Crippen molar-refractivity contribution in [2.75, 3.05) is 19.8 Å². The quantitative estimate of drug-likeness (QED) is 0.126. The Morgan fingerprint density at radius 3 is 1.43 bits per heavy atom. The maximum atomic E-state index is 10.2. The van der Waals surface area contributed by atoms with E-state index in [2.05, 4.69) is 34.6 Å². The van der Waals surface area contributed by atoms with Gasteiger partial charge < -0.3 is 14.2 Å². The largest absolute Gasteiger partial charge is 0.381 e. The molecule has 0 aliphatic heterocycles. The number of hydrogen-bond donors (Lipinski definition) is 1. The third kappa shape index (κ3) is 19.0. The van der Waals surface area contributed by atoms with Gasteiger partial charge in [-0.05, 0) is 40.5 Å². The third-order valence-electron chi connectivity index (χ3n) is 5.54. The number of nitrogens with zero attached hydrogens (tertiary/aromatic N) is 1. The van der Waals surface area contributed by atoms with Crippen LogP contribution in [0.4, 0.5) is 0 Å². The van der Waals surface area contributed by atoms with Gasteiger partial charge in [-0.2, -0.15) is 0 Å². The Hall–Kier alpha value is 0.270. The molecule has 0 saturated carbocycles. The molecular weight excluding hydrogens is 393 g/mol. The fraction of sp³-hybridized carbons (Fsp3) is 1.00. The van der Waals surface area contributed by atoms with Gasteiger partial charge in [0.15, 0.2) is 0 Å². The number of rotatable bonds is 23. The molecule has 1 N–H and O–H groups in total. The van der Waals surface area contributed by atoms with Crippen LogP contribution in [0, 0.1) is 0 Å². The van der Waals surface area contributed by atoms with Crippen molar-refractivity contribution in [3.05, 3.63) is 0 Å². The Labute approximate surface area is 190 Å². The molecule has 5 heteroatoms. The zero-order chi connectivity index (χ0) is 22.5. The van der Waals surface area contributed by atoms with Gasteiger partial charge in [0.2, 0.25) is 0 Å². The molecule has 0 aromatic heterocycles. The van der Waals surface area contributed by atoms with Gasteiger partial charge in [-0.25, -0.2) is 4.67 Å². The molecule has 0 rings (SSSR count). The molecule has 0 bridgehead atoms. The van der Waals surface area contributed by atoms with Crippen molar-refractivity contribution in [2.45, 2.75) is 143 Å². The first-order valence-electron chi connectivity index (χ1n) is 13.0. The standard InChI is InChI=1S/C25H54NO3P/c1-6-7-8-9-10-11-12-13-14-15-16-17-18-19-21-28-22-20-23-29-30(27)26(24(2)3)25(4)5/h24-25,27H,6-23H2,1-5H3. The van der Waals surface area contributed by atoms with Gasteiger partial charge in [0.05, 0.1) is 6.61 Å². The molecule has 0 saturated heterocycles. The highest BCUT2D eigenvalue weighted by molar-refractivity contribution is 7.43. The average Bonchev–Trinajstić information content (AvgIpc) is 2.69. The Morgan fingerprint density at radius 2 is 1.00 bits per heavy atom. The van der Waals surface area contributed by atoms with Gasteiger partial charge >= 0.3 is 0 Å². The number of unbranched alkanes of at least 4 members (excludes halogenated alkanes) is 13. The zero-order valence-electron chi connectivity index (χ0n) is 21.0. The highest BCUT2D eigenvalue weighted by Crippen LogP contribution is 2.40. The van der Waals surface area contributed by atoms with E-state index in [1.807, 2.05) is 4.67 Å². The maximum Gasteiger partial charge on any atom is 0.256 e. The van der Waals surface area contributed by atoms with Crippen LogP contribution in [0.25, 0.3) is 0 Å². The molecule has 4 nitrogen and oxygen atoms in total. The summed E-state index contributed by atoms with van der Waals surface area (Å²) >= 11 is 0. The predicted molar refractivity (Wildman–Crippen MR) is 133 cm³/mol. The van der Waals surface area contributed by atoms with Crippen LogP contribution in [0.15, 0.2) is 0 Å². The molecule has 182 valence electrons. The van der Waals surface area contributed by atoms with Crippen molar-refractivity contribution < 1.29 is 14.2 Å². The lowest BCUT2D eigenvalue weighted by molar-refractivity contribution is 0.112. The Bertz CT molecular complexity index is 334. The molecule has 0 fully saturated rings. The molecule has 0 heterocycles. The average molecular weight is 448 g/mol. The van der Waals surface area contributed by atoms with Crippen molar-refractivity contribution in [1.29, 1.82) is 0 Å². The summed E-state index contributed by atoms with van der Waals surface area (Å²) in [6.07, 6.45) is 20.3. The molecule has 0 amide bonds. The molecule has 0 aliphatic rings. The van der Waals surface area contributed by atoms with Crippen molar-refractivity contribution in [3.63, 3.8) is 0 Å². The van der Waals surface area contributed by atoms with E-state index in [0.29, 0.717) is 6.61 Å². The fourth-order valence-corrected chi connectivity index (χ4v) is 5.08. The zero-order valence-corrected chi connectivity index (χ0v) is 21.9. The predicted octanol–water partition coefficient (Wildman–Crippen LogP) is 8.23. The SMILES string of the molecule is CCCCCCCCCCCCCCCCOCCCOP(O)N(C(C)C)C(C)C. The van der Waals surface area contributed by atoms with Crippen LogP contribution >= 0.6 is 8.53 Å². The summed E-state index contributed by atoms with van der Waals surface area (Å²) in [5.41, 5.74) is 0. The van der Waals surface area contributed by atoms with Gasteiger partial charge in [0.25, 0.3) is 8.53 Å². The van der Waals surface area contributed by atoms with Gasteiger partial charge in [-0.1, -0.05) is 90.4 Å². The summed E-state index contributed by atoms with van der Waals surface area (Å²) in [6, 6.07) is 0.579. The Balaban J connectivity index is 3.26. The van der Waals surface area contributed by atoms with Crippen LogP contribution in [-0.2, 0) is 9.26 Å². The van der Waals surface area contributed by atoms with Gasteiger partial charge in [-0.15, -0.1) is 0 Å². The maximum absolute atomic E-state index is 10.2. The normalized spacial score (nSPS) is 13.1. The number of hydrogen-bond acceptors (Lipinski definition) is 4. The first-order valence-corrected chi connectivity index (χ1v) is 14.1. The fourth-order valence-electron chi connectivity index (χ4n) is 3.87. The summed E-state index contributed by atoms with van der Waals surface area (Å²) in [6.45, 7) is 12.8. The summed E-state index contributed by atoms with van der Waals surface area (Å²) in [5.74, 6) is 0. The van der Waals surface area contributed by atoms with E-state index in [0.717, 1.165) is 19.6 Å². The van der Waals surface area contributed by atoms with Gasteiger partial charge in [0.1, 0.15) is 0 Å². The van der Waals surface area contributed by atoms with E-state index in [-0.39, 0.29) is 12.1 Å². The third-order valence-corrected chi connectivity index (χ3v) is 7.27. The second-order valence-corrected chi connectivity index (χ2v) is 10.4. The van der Waals surface area contributed by atoms with E-state index >= 15 is 0 Å². The minimum absolute atomic E-state index is 0.290. The van der Waals surface area contributed by atoms with E-state index in [1.165, 1.54) is 89.9 Å². The van der Waals surface area contributed by atoms with Crippen molar-refractivity contribution in [1.82, 2.24) is 4.67 Å². The van der Waals surface area contributed by atoms with Crippen molar-refractivity contribution in [3.8, 4) is 0 Å².